The van der Waals surface area contributed by atoms with Gasteiger partial charge in [0.2, 0.25) is 0 Å². The molecule has 24 heavy (non-hydrogen) atoms. The molecule has 0 amide bonds. The number of hydrogen-bond acceptors (Lipinski definition) is 4. The molecule has 0 radical (unpaired) electrons. The van der Waals surface area contributed by atoms with Gasteiger partial charge in [-0.1, -0.05) is 66.5 Å². The Morgan fingerprint density at radius 2 is 0.958 bits per heavy atom. The van der Waals surface area contributed by atoms with E-state index in [4.69, 9.17) is 18.9 Å². The fourth-order valence-corrected chi connectivity index (χ4v) is 31.2. The van der Waals surface area contributed by atoms with E-state index in [0.29, 0.717) is 11.1 Å². The third-order valence-corrected chi connectivity index (χ3v) is 28.4. The summed E-state index contributed by atoms with van der Waals surface area (Å²) in [6.07, 6.45) is 2.31. The molecule has 0 spiro atoms. The van der Waals surface area contributed by atoms with E-state index in [2.05, 4.69) is 41.5 Å². The predicted octanol–water partition coefficient (Wildman–Crippen LogP) is 4.92. The maximum absolute atomic E-state index is 5.99. The SMILES string of the molecule is CCC[Si](CCC)(C(OC)OC)[Si](C(C)C)(C(C)C)C(OC)OC. The Labute approximate surface area is 152 Å². The molecular formula is C18H42O4Si2. The van der Waals surface area contributed by atoms with Crippen molar-refractivity contribution in [1.82, 2.24) is 0 Å². The Kier molecular flexibility index (Phi) is 11.2. The molecule has 0 fully saturated rings. The molecule has 0 unspecified atom stereocenters. The molecule has 0 bridgehead atoms. The van der Waals surface area contributed by atoms with Gasteiger partial charge in [0.15, 0.2) is 0 Å². The first-order valence-electron chi connectivity index (χ1n) is 9.41. The number of rotatable bonds is 13. The maximum Gasteiger partial charge on any atom is 0.139 e. The number of ether oxygens (including phenoxy) is 4. The van der Waals surface area contributed by atoms with Crippen molar-refractivity contribution < 1.29 is 18.9 Å². The highest BCUT2D eigenvalue weighted by Crippen LogP contribution is 2.49. The van der Waals surface area contributed by atoms with Gasteiger partial charge in [0.05, 0.1) is 0 Å². The summed E-state index contributed by atoms with van der Waals surface area (Å²) in [7, 11) is 3.15. The molecule has 0 atom stereocenters. The van der Waals surface area contributed by atoms with E-state index >= 15 is 0 Å². The van der Waals surface area contributed by atoms with Gasteiger partial charge in [-0.2, -0.15) is 0 Å². The number of methoxy groups -OCH3 is 4. The molecule has 0 saturated carbocycles. The van der Waals surface area contributed by atoms with Gasteiger partial charge in [-0.25, -0.2) is 0 Å². The van der Waals surface area contributed by atoms with Crippen LogP contribution in [0.3, 0.4) is 0 Å². The second-order valence-corrected chi connectivity index (χ2v) is 21.5. The molecule has 0 aromatic rings. The monoisotopic (exact) mass is 378 g/mol. The van der Waals surface area contributed by atoms with Crippen LogP contribution >= 0.6 is 0 Å². The minimum Gasteiger partial charge on any atom is -0.360 e. The van der Waals surface area contributed by atoms with Crippen molar-refractivity contribution in [3.8, 4) is 0 Å². The van der Waals surface area contributed by atoms with Crippen LogP contribution in [0.15, 0.2) is 0 Å². The first-order valence-corrected chi connectivity index (χ1v) is 15.1. The largest absolute Gasteiger partial charge is 0.360 e. The molecule has 0 aromatic heterocycles. The van der Waals surface area contributed by atoms with Crippen molar-refractivity contribution in [2.75, 3.05) is 28.4 Å². The van der Waals surface area contributed by atoms with Gasteiger partial charge in [-0.05, 0) is 11.1 Å². The molecule has 0 rings (SSSR count). The van der Waals surface area contributed by atoms with E-state index < -0.39 is 15.2 Å². The van der Waals surface area contributed by atoms with E-state index in [-0.39, 0.29) is 11.8 Å². The third-order valence-electron chi connectivity index (χ3n) is 5.86. The summed E-state index contributed by atoms with van der Waals surface area (Å²) in [5.41, 5.74) is 1.08. The highest BCUT2D eigenvalue weighted by atomic mass is 29.3. The van der Waals surface area contributed by atoms with E-state index in [1.165, 1.54) is 12.1 Å². The lowest BCUT2D eigenvalue weighted by atomic mass is 10.5. The van der Waals surface area contributed by atoms with Gasteiger partial charge in [0, 0.05) is 28.4 Å². The Balaban J connectivity index is 6.73. The van der Waals surface area contributed by atoms with E-state index in [1.807, 2.05) is 0 Å². The summed E-state index contributed by atoms with van der Waals surface area (Å²) in [5.74, 6) is -0.211. The van der Waals surface area contributed by atoms with E-state index in [9.17, 15) is 0 Å². The van der Waals surface area contributed by atoms with Crippen molar-refractivity contribution >= 4 is 15.2 Å². The van der Waals surface area contributed by atoms with Gasteiger partial charge in [0.1, 0.15) is 27.0 Å². The van der Waals surface area contributed by atoms with Crippen LogP contribution in [-0.4, -0.2) is 55.4 Å². The van der Waals surface area contributed by atoms with Crippen molar-refractivity contribution in [2.24, 2.45) is 0 Å². The second-order valence-electron chi connectivity index (χ2n) is 7.51. The standard InChI is InChI=1S/C18H42O4Si2/c1-11-13-23(14-12-2,17(19-7)20-8)24(15(3)4,16(5)6)18(21-9)22-10/h15-18H,11-14H2,1-10H3. The zero-order valence-electron chi connectivity index (χ0n) is 17.8. The van der Waals surface area contributed by atoms with Crippen LogP contribution in [0.2, 0.25) is 23.2 Å². The molecule has 0 saturated heterocycles. The van der Waals surface area contributed by atoms with Crippen LogP contribution in [0.1, 0.15) is 54.4 Å². The minimum atomic E-state index is -2.06. The van der Waals surface area contributed by atoms with Crippen LogP contribution in [0.25, 0.3) is 0 Å². The van der Waals surface area contributed by atoms with Crippen LogP contribution in [0.4, 0.5) is 0 Å². The Hall–Kier alpha value is 0.274. The molecule has 0 aliphatic carbocycles. The fraction of sp³-hybridized carbons (Fsp3) is 1.00. The summed E-state index contributed by atoms with van der Waals surface area (Å²) in [4.78, 5) is 0. The van der Waals surface area contributed by atoms with E-state index in [1.54, 1.807) is 28.4 Å². The maximum atomic E-state index is 5.99. The average molecular weight is 379 g/mol. The first-order chi connectivity index (χ1) is 11.3. The van der Waals surface area contributed by atoms with Crippen molar-refractivity contribution in [3.05, 3.63) is 0 Å². The van der Waals surface area contributed by atoms with Gasteiger partial charge < -0.3 is 18.9 Å². The highest BCUT2D eigenvalue weighted by molar-refractivity contribution is 7.44. The second kappa shape index (κ2) is 11.1. The Morgan fingerprint density at radius 3 is 1.17 bits per heavy atom. The minimum absolute atomic E-state index is 0.0957. The fourth-order valence-electron chi connectivity index (χ4n) is 5.52. The normalized spacial score (nSPS) is 13.8. The third kappa shape index (κ3) is 4.15. The summed E-state index contributed by atoms with van der Waals surface area (Å²) < 4.78 is 23.9. The summed E-state index contributed by atoms with van der Waals surface area (Å²) in [6.45, 7) is 14.0. The summed E-state index contributed by atoms with van der Waals surface area (Å²) in [6, 6.07) is 2.41. The van der Waals surface area contributed by atoms with Gasteiger partial charge in [-0.3, -0.25) is 0 Å². The summed E-state index contributed by atoms with van der Waals surface area (Å²) in [5, 5.41) is 0. The van der Waals surface area contributed by atoms with Crippen LogP contribution in [0.5, 0.6) is 0 Å². The lowest BCUT2D eigenvalue weighted by Gasteiger charge is -2.57. The molecule has 0 aliphatic heterocycles. The molecular weight excluding hydrogens is 336 g/mol. The highest BCUT2D eigenvalue weighted by Gasteiger charge is 2.66. The lowest BCUT2D eigenvalue weighted by molar-refractivity contribution is -0.0594. The number of hydrogen-bond donors (Lipinski definition) is 0. The van der Waals surface area contributed by atoms with Gasteiger partial charge in [-0.15, -0.1) is 0 Å². The molecule has 0 aromatic carbocycles. The van der Waals surface area contributed by atoms with Gasteiger partial charge >= 0.3 is 0 Å². The smallest absolute Gasteiger partial charge is 0.139 e. The zero-order valence-corrected chi connectivity index (χ0v) is 19.8. The zero-order chi connectivity index (χ0) is 19.0. The van der Waals surface area contributed by atoms with Crippen molar-refractivity contribution in [3.63, 3.8) is 0 Å². The van der Waals surface area contributed by atoms with Crippen LogP contribution < -0.4 is 0 Å². The topological polar surface area (TPSA) is 36.9 Å². The predicted molar refractivity (Wildman–Crippen MR) is 108 cm³/mol. The van der Waals surface area contributed by atoms with Crippen molar-refractivity contribution in [2.45, 2.75) is 89.4 Å². The summed E-state index contributed by atoms with van der Waals surface area (Å²) >= 11 is 0. The van der Waals surface area contributed by atoms with E-state index in [0.717, 1.165) is 12.8 Å². The molecule has 6 heteroatoms. The average Bonchev–Trinajstić information content (AvgIpc) is 2.52. The molecule has 4 nitrogen and oxygen atoms in total. The molecule has 0 aliphatic rings. The quantitative estimate of drug-likeness (QED) is 0.337. The molecule has 0 N–H and O–H groups in total. The Morgan fingerprint density at radius 1 is 0.625 bits per heavy atom. The molecule has 146 valence electrons. The van der Waals surface area contributed by atoms with Gasteiger partial charge in [0.25, 0.3) is 0 Å². The molecule has 0 heterocycles. The lowest BCUT2D eigenvalue weighted by Crippen LogP contribution is -2.78. The Bertz CT molecular complexity index is 315. The van der Waals surface area contributed by atoms with Crippen LogP contribution in [0, 0.1) is 0 Å². The first kappa shape index (κ1) is 24.3. The van der Waals surface area contributed by atoms with Crippen molar-refractivity contribution in [1.29, 1.82) is 0 Å². The van der Waals surface area contributed by atoms with Crippen LogP contribution in [-0.2, 0) is 18.9 Å².